The van der Waals surface area contributed by atoms with Gasteiger partial charge in [-0.05, 0) is 52.4 Å². The van der Waals surface area contributed by atoms with Crippen LogP contribution in [0.5, 0.6) is 0 Å². The Morgan fingerprint density at radius 2 is 1.50 bits per heavy atom. The molecule has 5 heteroatoms. The van der Waals surface area contributed by atoms with Crippen molar-refractivity contribution in [1.82, 2.24) is 0 Å². The summed E-state index contributed by atoms with van der Waals surface area (Å²) in [4.78, 5) is 38.2. The van der Waals surface area contributed by atoms with E-state index in [1.54, 1.807) is 0 Å². The molecule has 0 spiro atoms. The van der Waals surface area contributed by atoms with Crippen molar-refractivity contribution in [2.24, 2.45) is 23.2 Å². The second-order valence-corrected chi connectivity index (χ2v) is 10.1. The Kier molecular flexibility index (Phi) is 8.67. The highest BCUT2D eigenvalue weighted by molar-refractivity contribution is 5.80. The van der Waals surface area contributed by atoms with Gasteiger partial charge in [-0.25, -0.2) is 0 Å². The summed E-state index contributed by atoms with van der Waals surface area (Å²) in [6.07, 6.45) is 4.43. The van der Waals surface area contributed by atoms with Gasteiger partial charge in [0, 0.05) is 24.7 Å². The molecule has 32 heavy (non-hydrogen) atoms. The molecule has 2 rings (SSSR count). The molecule has 0 aromatic rings. The topological polar surface area (TPSA) is 69.7 Å². The third-order valence-corrected chi connectivity index (χ3v) is 7.73. The highest BCUT2D eigenvalue weighted by atomic mass is 16.6. The summed E-state index contributed by atoms with van der Waals surface area (Å²) in [6.45, 7) is 17.9. The predicted octanol–water partition coefficient (Wildman–Crippen LogP) is 5.74. The Labute approximate surface area is 193 Å². The molecule has 2 fully saturated rings. The lowest BCUT2D eigenvalue weighted by molar-refractivity contribution is -0.202. The van der Waals surface area contributed by atoms with Gasteiger partial charge in [-0.1, -0.05) is 49.3 Å². The Morgan fingerprint density at radius 3 is 1.97 bits per heavy atom. The molecule has 0 amide bonds. The first-order valence-corrected chi connectivity index (χ1v) is 11.7. The van der Waals surface area contributed by atoms with Crippen LogP contribution in [0.2, 0.25) is 0 Å². The number of carbonyl (C=O) groups excluding carboxylic acids is 3. The number of ether oxygens (including phenoxy) is 2. The van der Waals surface area contributed by atoms with Crippen LogP contribution in [0.4, 0.5) is 0 Å². The SMILES string of the molecule is C=C(C)C1CC2(C)C(C)CC(=O)CC2C(OC(=O)CC(C)=CC)C1OC(=O)CC(C)=CC. The molecule has 6 unspecified atom stereocenters. The maximum absolute atomic E-state index is 12.8. The fourth-order valence-corrected chi connectivity index (χ4v) is 5.19. The first kappa shape index (κ1) is 26.1. The Bertz CT molecular complexity index is 820. The van der Waals surface area contributed by atoms with Crippen LogP contribution in [-0.4, -0.2) is 29.9 Å². The average Bonchev–Trinajstić information content (AvgIpc) is 2.70. The van der Waals surface area contributed by atoms with Crippen LogP contribution in [0.1, 0.15) is 80.6 Å². The van der Waals surface area contributed by atoms with Gasteiger partial charge in [0.15, 0.2) is 0 Å². The number of allylic oxidation sites excluding steroid dienone is 2. The summed E-state index contributed by atoms with van der Waals surface area (Å²) in [5.74, 6) is -0.703. The maximum Gasteiger partial charge on any atom is 0.310 e. The van der Waals surface area contributed by atoms with Crippen LogP contribution in [0.25, 0.3) is 0 Å². The molecule has 0 aromatic carbocycles. The molecule has 0 saturated heterocycles. The fourth-order valence-electron chi connectivity index (χ4n) is 5.19. The number of hydrogen-bond acceptors (Lipinski definition) is 5. The van der Waals surface area contributed by atoms with Crippen LogP contribution in [-0.2, 0) is 23.9 Å². The van der Waals surface area contributed by atoms with E-state index in [1.807, 2.05) is 46.8 Å². The van der Waals surface area contributed by atoms with E-state index in [-0.39, 0.29) is 53.7 Å². The van der Waals surface area contributed by atoms with Gasteiger partial charge in [-0.15, -0.1) is 0 Å². The summed E-state index contributed by atoms with van der Waals surface area (Å²) < 4.78 is 12.1. The van der Waals surface area contributed by atoms with Gasteiger partial charge in [-0.2, -0.15) is 0 Å². The number of Topliss-reactive ketones (excluding diaryl/α,β-unsaturated/α-hetero) is 1. The van der Waals surface area contributed by atoms with Crippen molar-refractivity contribution in [3.63, 3.8) is 0 Å². The minimum atomic E-state index is -0.672. The molecule has 5 nitrogen and oxygen atoms in total. The van der Waals surface area contributed by atoms with Gasteiger partial charge in [0.05, 0.1) is 12.8 Å². The van der Waals surface area contributed by atoms with E-state index < -0.39 is 12.2 Å². The van der Waals surface area contributed by atoms with E-state index >= 15 is 0 Å². The maximum atomic E-state index is 12.8. The van der Waals surface area contributed by atoms with E-state index in [4.69, 9.17) is 9.47 Å². The predicted molar refractivity (Wildman–Crippen MR) is 126 cm³/mol. The zero-order chi connectivity index (χ0) is 24.2. The van der Waals surface area contributed by atoms with Crippen LogP contribution >= 0.6 is 0 Å². The molecule has 0 aliphatic heterocycles. The Morgan fingerprint density at radius 1 is 1.00 bits per heavy atom. The lowest BCUT2D eigenvalue weighted by atomic mass is 9.51. The molecule has 0 radical (unpaired) electrons. The molecule has 2 aliphatic carbocycles. The van der Waals surface area contributed by atoms with Crippen LogP contribution < -0.4 is 0 Å². The molecule has 0 bridgehead atoms. The van der Waals surface area contributed by atoms with Crippen molar-refractivity contribution in [2.45, 2.75) is 92.8 Å². The number of hydrogen-bond donors (Lipinski definition) is 0. The smallest absolute Gasteiger partial charge is 0.310 e. The lowest BCUT2D eigenvalue weighted by Crippen LogP contribution is -2.59. The van der Waals surface area contributed by atoms with E-state index in [0.29, 0.717) is 12.8 Å². The normalized spacial score (nSPS) is 33.3. The van der Waals surface area contributed by atoms with Gasteiger partial charge in [0.1, 0.15) is 18.0 Å². The van der Waals surface area contributed by atoms with Crippen molar-refractivity contribution >= 4 is 17.7 Å². The van der Waals surface area contributed by atoms with Crippen molar-refractivity contribution < 1.29 is 23.9 Å². The number of ketones is 1. The minimum Gasteiger partial charge on any atom is -0.458 e. The molecular weight excluding hydrogens is 404 g/mol. The van der Waals surface area contributed by atoms with E-state index in [0.717, 1.165) is 23.1 Å². The highest BCUT2D eigenvalue weighted by Gasteiger charge is 2.58. The summed E-state index contributed by atoms with van der Waals surface area (Å²) >= 11 is 0. The zero-order valence-electron chi connectivity index (χ0n) is 20.8. The first-order valence-electron chi connectivity index (χ1n) is 11.7. The van der Waals surface area contributed by atoms with E-state index in [2.05, 4.69) is 20.4 Å². The highest BCUT2D eigenvalue weighted by Crippen LogP contribution is 2.56. The third kappa shape index (κ3) is 5.79. The second-order valence-electron chi connectivity index (χ2n) is 10.1. The van der Waals surface area contributed by atoms with Crippen molar-refractivity contribution in [2.75, 3.05) is 0 Å². The Hall–Kier alpha value is -2.17. The summed E-state index contributed by atoms with van der Waals surface area (Å²) in [5, 5.41) is 0. The number of fused-ring (bicyclic) bond motifs is 1. The van der Waals surface area contributed by atoms with E-state index in [9.17, 15) is 14.4 Å². The third-order valence-electron chi connectivity index (χ3n) is 7.73. The summed E-state index contributed by atoms with van der Waals surface area (Å²) in [5.41, 5.74) is 2.52. The molecule has 6 atom stereocenters. The van der Waals surface area contributed by atoms with Crippen LogP contribution in [0.3, 0.4) is 0 Å². The largest absolute Gasteiger partial charge is 0.458 e. The monoisotopic (exact) mass is 444 g/mol. The van der Waals surface area contributed by atoms with E-state index in [1.165, 1.54) is 0 Å². The standard InChI is InChI=1S/C27H40O5/c1-9-17(5)11-23(29)31-25-21(16(3)4)15-27(8)19(7)13-20(28)14-22(27)26(25)32-24(30)12-18(6)10-2/h9-10,19,21-22,25-26H,3,11-15H2,1-2,4-8H3. The molecule has 2 saturated carbocycles. The van der Waals surface area contributed by atoms with Gasteiger partial charge < -0.3 is 9.47 Å². The zero-order valence-corrected chi connectivity index (χ0v) is 20.8. The van der Waals surface area contributed by atoms with Crippen LogP contribution in [0, 0.1) is 23.2 Å². The van der Waals surface area contributed by atoms with Gasteiger partial charge in [-0.3, -0.25) is 14.4 Å². The number of rotatable bonds is 7. The number of esters is 2. The minimum absolute atomic E-state index is 0.137. The lowest BCUT2D eigenvalue weighted by Gasteiger charge is -2.56. The molecule has 0 N–H and O–H groups in total. The van der Waals surface area contributed by atoms with Gasteiger partial charge >= 0.3 is 11.9 Å². The molecule has 2 aliphatic rings. The molecular formula is C27H40O5. The Balaban J connectivity index is 2.46. The average molecular weight is 445 g/mol. The second kappa shape index (κ2) is 10.6. The fraction of sp³-hybridized carbons (Fsp3) is 0.667. The quantitative estimate of drug-likeness (QED) is 0.370. The van der Waals surface area contributed by atoms with Gasteiger partial charge in [0.2, 0.25) is 0 Å². The molecule has 178 valence electrons. The first-order chi connectivity index (χ1) is 14.9. The number of carbonyl (C=O) groups is 3. The molecule has 0 heterocycles. The van der Waals surface area contributed by atoms with Crippen molar-refractivity contribution in [1.29, 1.82) is 0 Å². The summed E-state index contributed by atoms with van der Waals surface area (Å²) in [6, 6.07) is 0. The van der Waals surface area contributed by atoms with Gasteiger partial charge in [0.25, 0.3) is 0 Å². The summed E-state index contributed by atoms with van der Waals surface area (Å²) in [7, 11) is 0. The van der Waals surface area contributed by atoms with Crippen molar-refractivity contribution in [3.8, 4) is 0 Å². The van der Waals surface area contributed by atoms with Crippen LogP contribution in [0.15, 0.2) is 35.5 Å². The molecule has 0 aromatic heterocycles. The van der Waals surface area contributed by atoms with Crippen molar-refractivity contribution in [3.05, 3.63) is 35.5 Å².